The van der Waals surface area contributed by atoms with Crippen molar-refractivity contribution in [1.82, 2.24) is 0 Å². The van der Waals surface area contributed by atoms with Gasteiger partial charge in [-0.3, -0.25) is 9.59 Å². The maximum Gasteiger partial charge on any atom is 0.135 e. The minimum atomic E-state index is -1.10. The summed E-state index contributed by atoms with van der Waals surface area (Å²) in [5.74, 6) is -0.221. The highest BCUT2D eigenvalue weighted by Gasteiger charge is 2.57. The van der Waals surface area contributed by atoms with Crippen LogP contribution in [0.5, 0.6) is 0 Å². The van der Waals surface area contributed by atoms with E-state index >= 15 is 0 Å². The number of aliphatic hydroxyl groups is 4. The summed E-state index contributed by atoms with van der Waals surface area (Å²) in [4.78, 5) is 27.0. The first-order chi connectivity index (χ1) is 25.4. The van der Waals surface area contributed by atoms with E-state index in [1.165, 1.54) is 0 Å². The van der Waals surface area contributed by atoms with Crippen LogP contribution in [0.15, 0.2) is 24.3 Å². The third-order valence-corrected chi connectivity index (χ3v) is 13.1. The molecule has 0 aliphatic carbocycles. The van der Waals surface area contributed by atoms with Crippen molar-refractivity contribution in [3.05, 3.63) is 24.3 Å². The lowest BCUT2D eigenvalue weighted by molar-refractivity contribution is -0.259. The molecule has 298 valence electrons. The Morgan fingerprint density at radius 3 is 2.23 bits per heavy atom. The standard InChI is InChI=1S/C40H60O13/c1-19-11-26-7-9-29-20(2)12-25(48-29)6-5-22(42)15-33-35(45)39-40(53-33)36(46)38-30(52-39)10-8-27(50-38)13-23(43)14-28-32(17-31(49-26)21(19)3)51-34(37(28)47-4)16-24(44)18-41/h19,24-41,44-46H,2-3,5-18H2,1,4H3/t19-,24+,25+,26+,27?,28+,29?,30+,31?,32+,33?,34-,35+,36+,37-,38+,39+,40+/m1/s1. The van der Waals surface area contributed by atoms with Crippen molar-refractivity contribution >= 4 is 11.6 Å². The van der Waals surface area contributed by atoms with E-state index in [9.17, 15) is 30.0 Å². The molecular weight excluding hydrogens is 688 g/mol. The number of carbonyl (C=O) groups excluding carboxylic acids is 2. The van der Waals surface area contributed by atoms with Gasteiger partial charge in [-0.25, -0.2) is 0 Å². The third-order valence-electron chi connectivity index (χ3n) is 13.1. The van der Waals surface area contributed by atoms with E-state index in [4.69, 9.17) is 33.2 Å². The number of hydrogen-bond donors (Lipinski definition) is 4. The number of hydrogen-bond acceptors (Lipinski definition) is 13. The molecule has 0 radical (unpaired) electrons. The van der Waals surface area contributed by atoms with Crippen LogP contribution in [0, 0.1) is 11.8 Å². The molecule has 8 bridgehead atoms. The number of ketones is 2. The van der Waals surface area contributed by atoms with Gasteiger partial charge in [0.1, 0.15) is 42.1 Å². The highest BCUT2D eigenvalue weighted by Crippen LogP contribution is 2.43. The summed E-state index contributed by atoms with van der Waals surface area (Å²) < 4.78 is 44.3. The van der Waals surface area contributed by atoms with E-state index in [-0.39, 0.29) is 79.9 Å². The number of Topliss-reactive ketones (excluding diaryl/α,β-unsaturated/α-hetero) is 2. The maximum absolute atomic E-state index is 13.9. The molecule has 7 fully saturated rings. The molecular formula is C40H60O13. The van der Waals surface area contributed by atoms with E-state index in [0.717, 1.165) is 30.4 Å². The van der Waals surface area contributed by atoms with Crippen LogP contribution in [0.25, 0.3) is 0 Å². The normalized spacial score (nSPS) is 47.7. The Labute approximate surface area is 312 Å². The fourth-order valence-electron chi connectivity index (χ4n) is 10.1. The Hall–Kier alpha value is -1.62. The molecule has 0 aromatic carbocycles. The first kappa shape index (κ1) is 39.6. The number of methoxy groups -OCH3 is 1. The largest absolute Gasteiger partial charge is 0.394 e. The average molecular weight is 749 g/mol. The van der Waals surface area contributed by atoms with Crippen LogP contribution in [-0.2, 0) is 42.7 Å². The summed E-state index contributed by atoms with van der Waals surface area (Å²) >= 11 is 0. The van der Waals surface area contributed by atoms with Gasteiger partial charge in [-0.1, -0.05) is 20.1 Å². The summed E-state index contributed by atoms with van der Waals surface area (Å²) in [5.41, 5.74) is 2.00. The van der Waals surface area contributed by atoms with Crippen LogP contribution in [0.4, 0.5) is 0 Å². The van der Waals surface area contributed by atoms with Gasteiger partial charge in [0.25, 0.3) is 0 Å². The third kappa shape index (κ3) is 8.56. The molecule has 7 aliphatic rings. The molecule has 13 heteroatoms. The van der Waals surface area contributed by atoms with Crippen LogP contribution < -0.4 is 0 Å². The molecule has 0 aromatic rings. The van der Waals surface area contributed by atoms with Crippen LogP contribution >= 0.6 is 0 Å². The summed E-state index contributed by atoms with van der Waals surface area (Å²) in [6.07, 6.45) is -3.55. The lowest BCUT2D eigenvalue weighted by Crippen LogP contribution is -2.61. The minimum Gasteiger partial charge on any atom is -0.394 e. The van der Waals surface area contributed by atoms with Crippen LogP contribution in [0.2, 0.25) is 0 Å². The monoisotopic (exact) mass is 748 g/mol. The maximum atomic E-state index is 13.9. The molecule has 7 heterocycles. The van der Waals surface area contributed by atoms with Crippen molar-refractivity contribution in [2.24, 2.45) is 11.8 Å². The number of rotatable bonds is 4. The number of fused-ring (bicyclic) bond motifs is 7. The van der Waals surface area contributed by atoms with Gasteiger partial charge in [-0.2, -0.15) is 0 Å². The van der Waals surface area contributed by atoms with Crippen molar-refractivity contribution in [2.75, 3.05) is 13.7 Å². The number of aliphatic hydroxyl groups excluding tert-OH is 4. The molecule has 18 atom stereocenters. The zero-order valence-electron chi connectivity index (χ0n) is 31.2. The van der Waals surface area contributed by atoms with E-state index in [1.807, 2.05) is 0 Å². The van der Waals surface area contributed by atoms with Crippen molar-refractivity contribution in [3.8, 4) is 0 Å². The van der Waals surface area contributed by atoms with Crippen LogP contribution in [0.3, 0.4) is 0 Å². The Morgan fingerprint density at radius 2 is 1.45 bits per heavy atom. The van der Waals surface area contributed by atoms with Crippen LogP contribution in [0.1, 0.15) is 90.4 Å². The zero-order valence-corrected chi connectivity index (χ0v) is 31.2. The van der Waals surface area contributed by atoms with Gasteiger partial charge in [0.05, 0.1) is 73.8 Å². The molecule has 7 aliphatic heterocycles. The lowest BCUT2D eigenvalue weighted by Gasteiger charge is -2.46. The van der Waals surface area contributed by atoms with Gasteiger partial charge in [0.15, 0.2) is 0 Å². The van der Waals surface area contributed by atoms with Crippen molar-refractivity contribution in [2.45, 2.75) is 188 Å². The second-order valence-electron chi connectivity index (χ2n) is 16.8. The highest BCUT2D eigenvalue weighted by molar-refractivity contribution is 5.79. The Kier molecular flexibility index (Phi) is 12.6. The first-order valence-corrected chi connectivity index (χ1v) is 19.9. The van der Waals surface area contributed by atoms with Gasteiger partial charge in [0.2, 0.25) is 0 Å². The SMILES string of the molecule is C=C1C[C@@H]2CCC(=O)CC3O[C@H]4[C@@H](O)[C@H]5OC(CC[C@@H]5O[C@H]4[C@H]3O)CC(=O)C[C@@H]3[C@@H](OC)[C@@H](C[C@H](O)CO)O[C@H]3CC3O[C@@H](CCC1O2)C[C@@H](C)C3=C. The molecule has 0 spiro atoms. The topological polar surface area (TPSA) is 180 Å². The van der Waals surface area contributed by atoms with Gasteiger partial charge in [-0.15, -0.1) is 0 Å². The number of ether oxygens (including phenoxy) is 7. The molecule has 0 aromatic heterocycles. The van der Waals surface area contributed by atoms with Gasteiger partial charge >= 0.3 is 0 Å². The van der Waals surface area contributed by atoms with E-state index in [1.54, 1.807) is 7.11 Å². The van der Waals surface area contributed by atoms with Crippen molar-refractivity contribution in [3.63, 3.8) is 0 Å². The predicted octanol–water partition coefficient (Wildman–Crippen LogP) is 2.27. The number of carbonyl (C=O) groups is 2. The molecule has 53 heavy (non-hydrogen) atoms. The Bertz CT molecular complexity index is 1340. The van der Waals surface area contributed by atoms with Gasteiger partial charge in [-0.05, 0) is 62.0 Å². The lowest BCUT2D eigenvalue weighted by atomic mass is 9.81. The quantitative estimate of drug-likeness (QED) is 0.308. The second kappa shape index (κ2) is 16.9. The molecule has 0 amide bonds. The molecule has 7 saturated heterocycles. The molecule has 4 N–H and O–H groups in total. The Balaban J connectivity index is 1.11. The summed E-state index contributed by atoms with van der Waals surface area (Å²) in [6, 6.07) is 0. The van der Waals surface area contributed by atoms with Crippen molar-refractivity contribution in [1.29, 1.82) is 0 Å². The van der Waals surface area contributed by atoms with E-state index < -0.39 is 79.9 Å². The fraction of sp³-hybridized carbons (Fsp3) is 0.850. The minimum absolute atomic E-state index is 0.00643. The van der Waals surface area contributed by atoms with E-state index in [2.05, 4.69) is 20.1 Å². The molecule has 7 rings (SSSR count). The predicted molar refractivity (Wildman–Crippen MR) is 189 cm³/mol. The van der Waals surface area contributed by atoms with Crippen LogP contribution in [-0.4, -0.2) is 143 Å². The van der Waals surface area contributed by atoms with E-state index in [0.29, 0.717) is 32.1 Å². The molecule has 0 saturated carbocycles. The molecule has 4 unspecified atom stereocenters. The van der Waals surface area contributed by atoms with Crippen molar-refractivity contribution < 1.29 is 63.2 Å². The highest BCUT2D eigenvalue weighted by atomic mass is 16.6. The summed E-state index contributed by atoms with van der Waals surface area (Å²) in [7, 11) is 1.58. The Morgan fingerprint density at radius 1 is 0.736 bits per heavy atom. The summed E-state index contributed by atoms with van der Waals surface area (Å²) in [6.45, 7) is 10.4. The fourth-order valence-corrected chi connectivity index (χ4v) is 10.1. The van der Waals surface area contributed by atoms with Gasteiger partial charge in [0, 0.05) is 51.6 Å². The van der Waals surface area contributed by atoms with Gasteiger partial charge < -0.3 is 53.6 Å². The summed E-state index contributed by atoms with van der Waals surface area (Å²) in [5, 5.41) is 42.6. The molecule has 13 nitrogen and oxygen atoms in total. The second-order valence-corrected chi connectivity index (χ2v) is 16.8. The zero-order chi connectivity index (χ0) is 37.6. The first-order valence-electron chi connectivity index (χ1n) is 19.9. The average Bonchev–Trinajstić information content (AvgIpc) is 3.76. The smallest absolute Gasteiger partial charge is 0.135 e.